The molecule has 4 heteroatoms. The van der Waals surface area contributed by atoms with Crippen LogP contribution >= 0.6 is 0 Å². The second kappa shape index (κ2) is 6.14. The summed E-state index contributed by atoms with van der Waals surface area (Å²) in [7, 11) is 0. The Kier molecular flexibility index (Phi) is 4.30. The average Bonchev–Trinajstić information content (AvgIpc) is 2.81. The molecule has 2 rings (SSSR count). The van der Waals surface area contributed by atoms with E-state index >= 15 is 0 Å². The largest absolute Gasteiger partial charge is 0.244 e. The third kappa shape index (κ3) is 3.00. The Labute approximate surface area is 113 Å². The molecule has 0 fully saturated rings. The Morgan fingerprint density at radius 2 is 2.11 bits per heavy atom. The summed E-state index contributed by atoms with van der Waals surface area (Å²) in [6.45, 7) is 4.91. The van der Waals surface area contributed by atoms with E-state index in [9.17, 15) is 0 Å². The first-order valence-electron chi connectivity index (χ1n) is 6.63. The van der Waals surface area contributed by atoms with Gasteiger partial charge in [0.2, 0.25) is 0 Å². The topological polar surface area (TPSA) is 54.5 Å². The molecular formula is C15H18N4. The minimum absolute atomic E-state index is 0.460. The van der Waals surface area contributed by atoms with Gasteiger partial charge in [-0.3, -0.25) is 0 Å². The SMILES string of the molecule is CCCCc1c(C#N)nnn1Cc1ccccc1C. The minimum atomic E-state index is 0.460. The highest BCUT2D eigenvalue weighted by molar-refractivity contribution is 5.28. The van der Waals surface area contributed by atoms with Crippen LogP contribution in [0.15, 0.2) is 24.3 Å². The fourth-order valence-electron chi connectivity index (χ4n) is 2.09. The van der Waals surface area contributed by atoms with Crippen molar-refractivity contribution < 1.29 is 0 Å². The van der Waals surface area contributed by atoms with Crippen LogP contribution in [-0.2, 0) is 13.0 Å². The Bertz CT molecular complexity index is 592. The number of benzene rings is 1. The first-order valence-corrected chi connectivity index (χ1v) is 6.63. The second-order valence-corrected chi connectivity index (χ2v) is 4.68. The molecule has 1 aromatic heterocycles. The van der Waals surface area contributed by atoms with Gasteiger partial charge in [0.05, 0.1) is 12.2 Å². The van der Waals surface area contributed by atoms with Crippen molar-refractivity contribution in [3.63, 3.8) is 0 Å². The second-order valence-electron chi connectivity index (χ2n) is 4.68. The van der Waals surface area contributed by atoms with E-state index in [-0.39, 0.29) is 0 Å². The van der Waals surface area contributed by atoms with Crippen LogP contribution < -0.4 is 0 Å². The van der Waals surface area contributed by atoms with Gasteiger partial charge in [-0.05, 0) is 30.9 Å². The molecule has 2 aromatic rings. The van der Waals surface area contributed by atoms with Crippen LogP contribution in [0.4, 0.5) is 0 Å². The molecule has 1 heterocycles. The summed E-state index contributed by atoms with van der Waals surface area (Å²) in [5.41, 5.74) is 3.86. The Hall–Kier alpha value is -2.15. The molecule has 0 N–H and O–H groups in total. The summed E-state index contributed by atoms with van der Waals surface area (Å²) >= 11 is 0. The summed E-state index contributed by atoms with van der Waals surface area (Å²) in [6, 6.07) is 10.4. The summed E-state index contributed by atoms with van der Waals surface area (Å²) in [5.74, 6) is 0. The fourth-order valence-corrected chi connectivity index (χ4v) is 2.09. The quantitative estimate of drug-likeness (QED) is 0.824. The molecule has 0 radical (unpaired) electrons. The molecule has 0 bridgehead atoms. The monoisotopic (exact) mass is 254 g/mol. The zero-order valence-corrected chi connectivity index (χ0v) is 11.4. The molecule has 19 heavy (non-hydrogen) atoms. The molecule has 0 amide bonds. The van der Waals surface area contributed by atoms with Crippen molar-refractivity contribution >= 4 is 0 Å². The normalized spacial score (nSPS) is 10.4. The molecule has 0 spiro atoms. The van der Waals surface area contributed by atoms with Crippen molar-refractivity contribution in [3.05, 3.63) is 46.8 Å². The maximum Gasteiger partial charge on any atom is 0.185 e. The molecule has 4 nitrogen and oxygen atoms in total. The Morgan fingerprint density at radius 3 is 2.79 bits per heavy atom. The molecule has 0 saturated carbocycles. The van der Waals surface area contributed by atoms with Crippen LogP contribution in [0, 0.1) is 18.3 Å². The fraction of sp³-hybridized carbons (Fsp3) is 0.400. The number of hydrogen-bond donors (Lipinski definition) is 0. The standard InChI is InChI=1S/C15H18N4/c1-3-4-9-15-14(10-16)17-18-19(15)11-13-8-6-5-7-12(13)2/h5-8H,3-4,9,11H2,1-2H3. The zero-order chi connectivity index (χ0) is 13.7. The van der Waals surface area contributed by atoms with Crippen molar-refractivity contribution in [3.8, 4) is 6.07 Å². The lowest BCUT2D eigenvalue weighted by molar-refractivity contribution is 0.604. The molecule has 0 aliphatic heterocycles. The lowest BCUT2D eigenvalue weighted by Gasteiger charge is -2.08. The van der Waals surface area contributed by atoms with Gasteiger partial charge in [0.15, 0.2) is 5.69 Å². The smallest absolute Gasteiger partial charge is 0.185 e. The highest BCUT2D eigenvalue weighted by Crippen LogP contribution is 2.13. The van der Waals surface area contributed by atoms with Gasteiger partial charge >= 0.3 is 0 Å². The van der Waals surface area contributed by atoms with Crippen molar-refractivity contribution in [2.45, 2.75) is 39.7 Å². The molecule has 0 saturated heterocycles. The molecule has 0 unspecified atom stereocenters. The van der Waals surface area contributed by atoms with Gasteiger partial charge in [-0.1, -0.05) is 42.8 Å². The number of rotatable bonds is 5. The van der Waals surface area contributed by atoms with Crippen LogP contribution in [0.5, 0.6) is 0 Å². The van der Waals surface area contributed by atoms with E-state index in [1.54, 1.807) is 0 Å². The van der Waals surface area contributed by atoms with Gasteiger partial charge in [-0.15, -0.1) is 5.10 Å². The maximum absolute atomic E-state index is 9.09. The molecule has 0 atom stereocenters. The number of nitrogens with zero attached hydrogens (tertiary/aromatic N) is 4. The van der Waals surface area contributed by atoms with Crippen LogP contribution in [0.1, 0.15) is 42.3 Å². The summed E-state index contributed by atoms with van der Waals surface area (Å²) in [6.07, 6.45) is 3.01. The van der Waals surface area contributed by atoms with Gasteiger partial charge < -0.3 is 0 Å². The first kappa shape index (κ1) is 13.3. The number of aryl methyl sites for hydroxylation is 1. The predicted octanol–water partition coefficient (Wildman–Crippen LogP) is 2.85. The lowest BCUT2D eigenvalue weighted by atomic mass is 10.1. The van der Waals surface area contributed by atoms with Crippen LogP contribution in [-0.4, -0.2) is 15.0 Å². The molecular weight excluding hydrogens is 236 g/mol. The van der Waals surface area contributed by atoms with E-state index in [1.165, 1.54) is 11.1 Å². The van der Waals surface area contributed by atoms with Crippen LogP contribution in [0.2, 0.25) is 0 Å². The minimum Gasteiger partial charge on any atom is -0.244 e. The first-order chi connectivity index (χ1) is 9.26. The highest BCUT2D eigenvalue weighted by atomic mass is 15.4. The van der Waals surface area contributed by atoms with E-state index in [0.29, 0.717) is 12.2 Å². The third-order valence-corrected chi connectivity index (χ3v) is 3.29. The Morgan fingerprint density at radius 1 is 1.32 bits per heavy atom. The van der Waals surface area contributed by atoms with E-state index in [0.717, 1.165) is 25.0 Å². The number of aromatic nitrogens is 3. The summed E-state index contributed by atoms with van der Waals surface area (Å²) < 4.78 is 1.86. The van der Waals surface area contributed by atoms with Gasteiger partial charge in [0, 0.05) is 0 Å². The van der Waals surface area contributed by atoms with Gasteiger partial charge in [-0.2, -0.15) is 5.26 Å². The molecule has 1 aromatic carbocycles. The molecule has 0 aliphatic carbocycles. The third-order valence-electron chi connectivity index (χ3n) is 3.29. The summed E-state index contributed by atoms with van der Waals surface area (Å²) in [4.78, 5) is 0. The molecule has 0 aliphatic rings. The predicted molar refractivity (Wildman–Crippen MR) is 73.6 cm³/mol. The van der Waals surface area contributed by atoms with Crippen LogP contribution in [0.25, 0.3) is 0 Å². The van der Waals surface area contributed by atoms with E-state index in [4.69, 9.17) is 5.26 Å². The van der Waals surface area contributed by atoms with Crippen molar-refractivity contribution in [2.75, 3.05) is 0 Å². The van der Waals surface area contributed by atoms with E-state index in [1.807, 2.05) is 16.8 Å². The van der Waals surface area contributed by atoms with Gasteiger partial charge in [-0.25, -0.2) is 4.68 Å². The van der Waals surface area contributed by atoms with Gasteiger partial charge in [0.25, 0.3) is 0 Å². The van der Waals surface area contributed by atoms with E-state index < -0.39 is 0 Å². The lowest BCUT2D eigenvalue weighted by Crippen LogP contribution is -2.08. The van der Waals surface area contributed by atoms with Crippen molar-refractivity contribution in [2.24, 2.45) is 0 Å². The average molecular weight is 254 g/mol. The summed E-state index contributed by atoms with van der Waals surface area (Å²) in [5, 5.41) is 17.2. The van der Waals surface area contributed by atoms with Crippen LogP contribution in [0.3, 0.4) is 0 Å². The zero-order valence-electron chi connectivity index (χ0n) is 11.4. The van der Waals surface area contributed by atoms with Gasteiger partial charge in [0.1, 0.15) is 6.07 Å². The Balaban J connectivity index is 2.28. The number of hydrogen-bond acceptors (Lipinski definition) is 3. The number of unbranched alkanes of at least 4 members (excludes halogenated alkanes) is 1. The van der Waals surface area contributed by atoms with Crippen molar-refractivity contribution in [1.29, 1.82) is 5.26 Å². The number of nitriles is 1. The molecule has 98 valence electrons. The van der Waals surface area contributed by atoms with Crippen molar-refractivity contribution in [1.82, 2.24) is 15.0 Å². The highest BCUT2D eigenvalue weighted by Gasteiger charge is 2.12. The maximum atomic E-state index is 9.09. The van der Waals surface area contributed by atoms with E-state index in [2.05, 4.69) is 42.4 Å².